The summed E-state index contributed by atoms with van der Waals surface area (Å²) in [6.45, 7) is 3.92. The number of nitrogens with zero attached hydrogens (tertiary/aromatic N) is 1. The second-order valence-electron chi connectivity index (χ2n) is 7.55. The number of imide groups is 1. The van der Waals surface area contributed by atoms with Crippen LogP contribution in [0.15, 0.2) is 24.3 Å². The summed E-state index contributed by atoms with van der Waals surface area (Å²) in [7, 11) is 0. The van der Waals surface area contributed by atoms with Crippen LogP contribution in [0.4, 0.5) is 10.5 Å². The van der Waals surface area contributed by atoms with Crippen LogP contribution in [0.3, 0.4) is 0 Å². The van der Waals surface area contributed by atoms with E-state index in [1.807, 2.05) is 0 Å². The van der Waals surface area contributed by atoms with Crippen molar-refractivity contribution in [1.29, 1.82) is 0 Å². The smallest absolute Gasteiger partial charge is 0.327 e. The number of ketones is 1. The predicted molar refractivity (Wildman–Crippen MR) is 102 cm³/mol. The topological polar surface area (TPSA) is 122 Å². The lowest BCUT2D eigenvalue weighted by atomic mass is 9.96. The number of carbonyl (C=O) groups excluding carboxylic acids is 5. The largest absolute Gasteiger partial charge is 0.451 e. The van der Waals surface area contributed by atoms with Crippen molar-refractivity contribution >= 4 is 35.3 Å². The van der Waals surface area contributed by atoms with Crippen LogP contribution in [0.25, 0.3) is 0 Å². The van der Waals surface area contributed by atoms with Crippen molar-refractivity contribution in [1.82, 2.24) is 10.2 Å². The van der Waals surface area contributed by atoms with Crippen LogP contribution in [0.2, 0.25) is 0 Å². The minimum absolute atomic E-state index is 0.0825. The average molecular weight is 401 g/mol. The molecule has 0 unspecified atom stereocenters. The molecule has 1 saturated carbocycles. The third kappa shape index (κ3) is 4.28. The van der Waals surface area contributed by atoms with Crippen molar-refractivity contribution in [2.75, 3.05) is 11.9 Å². The monoisotopic (exact) mass is 401 g/mol. The van der Waals surface area contributed by atoms with Gasteiger partial charge in [0.1, 0.15) is 12.1 Å². The maximum atomic E-state index is 12.5. The Morgan fingerprint density at radius 3 is 2.41 bits per heavy atom. The number of nitrogens with one attached hydrogen (secondary N) is 2. The van der Waals surface area contributed by atoms with Crippen LogP contribution in [-0.4, -0.2) is 52.7 Å². The van der Waals surface area contributed by atoms with Crippen LogP contribution >= 0.6 is 0 Å². The van der Waals surface area contributed by atoms with Crippen molar-refractivity contribution < 1.29 is 28.7 Å². The van der Waals surface area contributed by atoms with Gasteiger partial charge in [0, 0.05) is 11.3 Å². The Labute approximate surface area is 167 Å². The summed E-state index contributed by atoms with van der Waals surface area (Å²) >= 11 is 0. The average Bonchev–Trinajstić information content (AvgIpc) is 3.48. The number of Topliss-reactive ketones (excluding diaryl/α,β-unsaturated/α-hetero) is 1. The number of anilines is 1. The van der Waals surface area contributed by atoms with Gasteiger partial charge in [0.2, 0.25) is 0 Å². The number of carbonyl (C=O) groups is 5. The van der Waals surface area contributed by atoms with E-state index in [1.165, 1.54) is 13.8 Å². The fourth-order valence-electron chi connectivity index (χ4n) is 3.25. The first-order valence-electron chi connectivity index (χ1n) is 9.37. The molecule has 1 aromatic rings. The number of hydrogen-bond donors (Lipinski definition) is 2. The summed E-state index contributed by atoms with van der Waals surface area (Å²) in [5, 5.41) is 5.22. The van der Waals surface area contributed by atoms with Crippen LogP contribution in [0.1, 0.15) is 44.0 Å². The van der Waals surface area contributed by atoms with E-state index in [-0.39, 0.29) is 11.7 Å². The van der Waals surface area contributed by atoms with Crippen molar-refractivity contribution in [2.45, 2.75) is 45.3 Å². The molecule has 2 aliphatic rings. The highest BCUT2D eigenvalue weighted by Crippen LogP contribution is 2.42. The lowest BCUT2D eigenvalue weighted by Crippen LogP contribution is -2.46. The van der Waals surface area contributed by atoms with Gasteiger partial charge in [-0.3, -0.25) is 24.1 Å². The summed E-state index contributed by atoms with van der Waals surface area (Å²) in [5.41, 5.74) is -0.0294. The van der Waals surface area contributed by atoms with E-state index < -0.39 is 42.0 Å². The molecule has 1 saturated heterocycles. The van der Waals surface area contributed by atoms with E-state index in [4.69, 9.17) is 4.74 Å². The number of benzene rings is 1. The molecule has 0 aromatic heterocycles. The second kappa shape index (κ2) is 7.65. The van der Waals surface area contributed by atoms with E-state index in [9.17, 15) is 24.0 Å². The lowest BCUT2D eigenvalue weighted by molar-refractivity contribution is -0.155. The Balaban J connectivity index is 1.53. The summed E-state index contributed by atoms with van der Waals surface area (Å²) in [6.07, 6.45) is 0.571. The quantitative estimate of drug-likeness (QED) is 0.405. The number of rotatable bonds is 7. The normalized spacial score (nSPS) is 22.1. The Hall–Kier alpha value is -3.23. The standard InChI is InChI=1S/C20H23N3O6/c1-11(24)13-4-8-15(9-5-13)21-17(26)12(2)29-16(25)10-23-18(27)20(3,14-6-7-14)22-19(23)28/h4-5,8-9,12,14H,6-7,10H2,1-3H3,(H,21,26)(H,22,28)/t12-,20+/m0/s1. The van der Waals surface area contributed by atoms with E-state index in [0.717, 1.165) is 17.7 Å². The zero-order chi connectivity index (χ0) is 21.3. The van der Waals surface area contributed by atoms with Gasteiger partial charge in [0.25, 0.3) is 11.8 Å². The highest BCUT2D eigenvalue weighted by atomic mass is 16.5. The summed E-state index contributed by atoms with van der Waals surface area (Å²) in [4.78, 5) is 61.1. The minimum atomic E-state index is -1.13. The number of amides is 4. The molecule has 154 valence electrons. The molecule has 3 rings (SSSR count). The zero-order valence-corrected chi connectivity index (χ0v) is 16.5. The maximum absolute atomic E-state index is 12.5. The first-order valence-corrected chi connectivity index (χ1v) is 9.37. The molecule has 0 spiro atoms. The molecular formula is C20H23N3O6. The van der Waals surface area contributed by atoms with E-state index in [1.54, 1.807) is 31.2 Å². The van der Waals surface area contributed by atoms with Crippen LogP contribution in [-0.2, 0) is 19.1 Å². The molecule has 29 heavy (non-hydrogen) atoms. The zero-order valence-electron chi connectivity index (χ0n) is 16.5. The highest BCUT2D eigenvalue weighted by Gasteiger charge is 2.56. The first-order chi connectivity index (χ1) is 13.6. The van der Waals surface area contributed by atoms with E-state index in [0.29, 0.717) is 11.3 Å². The number of urea groups is 1. The lowest BCUT2D eigenvalue weighted by Gasteiger charge is -2.21. The number of ether oxygens (including phenoxy) is 1. The van der Waals surface area contributed by atoms with Gasteiger partial charge < -0.3 is 15.4 Å². The van der Waals surface area contributed by atoms with Gasteiger partial charge in [-0.25, -0.2) is 4.79 Å². The van der Waals surface area contributed by atoms with Gasteiger partial charge in [-0.05, 0) is 63.8 Å². The van der Waals surface area contributed by atoms with Gasteiger partial charge in [-0.1, -0.05) is 0 Å². The molecule has 9 heteroatoms. The van der Waals surface area contributed by atoms with E-state index >= 15 is 0 Å². The molecule has 2 atom stereocenters. The molecule has 2 N–H and O–H groups in total. The summed E-state index contributed by atoms with van der Waals surface area (Å²) in [6, 6.07) is 5.64. The van der Waals surface area contributed by atoms with E-state index in [2.05, 4.69) is 10.6 Å². The first kappa shape index (κ1) is 20.5. The summed E-state index contributed by atoms with van der Waals surface area (Å²) in [5.74, 6) is -1.90. The molecular weight excluding hydrogens is 378 g/mol. The van der Waals surface area contributed by atoms with Crippen molar-refractivity contribution in [3.05, 3.63) is 29.8 Å². The summed E-state index contributed by atoms with van der Waals surface area (Å²) < 4.78 is 5.07. The fourth-order valence-corrected chi connectivity index (χ4v) is 3.25. The maximum Gasteiger partial charge on any atom is 0.327 e. The molecule has 2 fully saturated rings. The van der Waals surface area contributed by atoms with Crippen LogP contribution in [0, 0.1) is 5.92 Å². The highest BCUT2D eigenvalue weighted by molar-refractivity contribution is 6.09. The molecule has 1 heterocycles. The molecule has 0 radical (unpaired) electrons. The number of esters is 1. The van der Waals surface area contributed by atoms with Gasteiger partial charge in [0.15, 0.2) is 11.9 Å². The molecule has 1 aliphatic heterocycles. The molecule has 4 amide bonds. The van der Waals surface area contributed by atoms with Crippen molar-refractivity contribution in [3.63, 3.8) is 0 Å². The Morgan fingerprint density at radius 1 is 1.24 bits per heavy atom. The van der Waals surface area contributed by atoms with Gasteiger partial charge in [-0.2, -0.15) is 0 Å². The van der Waals surface area contributed by atoms with Crippen molar-refractivity contribution in [2.24, 2.45) is 5.92 Å². The molecule has 0 bridgehead atoms. The minimum Gasteiger partial charge on any atom is -0.451 e. The Bertz CT molecular complexity index is 877. The van der Waals surface area contributed by atoms with Gasteiger partial charge in [-0.15, -0.1) is 0 Å². The third-order valence-electron chi connectivity index (χ3n) is 5.22. The van der Waals surface area contributed by atoms with Crippen molar-refractivity contribution in [3.8, 4) is 0 Å². The van der Waals surface area contributed by atoms with Crippen LogP contribution in [0.5, 0.6) is 0 Å². The molecule has 1 aliphatic carbocycles. The Morgan fingerprint density at radius 2 is 1.86 bits per heavy atom. The fraction of sp³-hybridized carbons (Fsp3) is 0.450. The van der Waals surface area contributed by atoms with Gasteiger partial charge >= 0.3 is 12.0 Å². The molecule has 1 aromatic carbocycles. The SMILES string of the molecule is CC(=O)c1ccc(NC(=O)[C@H](C)OC(=O)CN2C(=O)N[C@](C)(C3CC3)C2=O)cc1. The second-order valence-corrected chi connectivity index (χ2v) is 7.55. The predicted octanol–water partition coefficient (Wildman–Crippen LogP) is 1.48. The number of hydrogen-bond acceptors (Lipinski definition) is 6. The third-order valence-corrected chi connectivity index (χ3v) is 5.22. The van der Waals surface area contributed by atoms with Gasteiger partial charge in [0.05, 0.1) is 0 Å². The molecule has 9 nitrogen and oxygen atoms in total. The Kier molecular flexibility index (Phi) is 5.41. The van der Waals surface area contributed by atoms with Crippen LogP contribution < -0.4 is 10.6 Å².